The molecule has 13 N–H and O–H groups in total. The molecule has 4 saturated carbocycles. The molecule has 4 aliphatic heterocycles. The highest BCUT2D eigenvalue weighted by molar-refractivity contribution is 5.86. The number of ether oxygens (including phenoxy) is 9. The summed E-state index contributed by atoms with van der Waals surface area (Å²) in [5, 5.41) is 143. The van der Waals surface area contributed by atoms with Crippen molar-refractivity contribution in [2.24, 2.45) is 44.8 Å². The molecule has 0 bridgehead atoms. The lowest BCUT2D eigenvalue weighted by Gasteiger charge is -2.71. The zero-order chi connectivity index (χ0) is 57.1. The van der Waals surface area contributed by atoms with E-state index >= 15 is 0 Å². The van der Waals surface area contributed by atoms with Crippen LogP contribution >= 0.6 is 0 Å². The van der Waals surface area contributed by atoms with E-state index in [9.17, 15) is 76.0 Å². The van der Waals surface area contributed by atoms with Crippen molar-refractivity contribution in [2.75, 3.05) is 26.9 Å². The van der Waals surface area contributed by atoms with Crippen LogP contribution in [0.5, 0.6) is 0 Å². The number of carbonyl (C=O) groups is 2. The Morgan fingerprint density at radius 3 is 1.68 bits per heavy atom. The molecule has 0 spiro atoms. The lowest BCUT2D eigenvalue weighted by Crippen LogP contribution is -2.69. The third-order valence-corrected chi connectivity index (χ3v) is 20.9. The van der Waals surface area contributed by atoms with E-state index in [-0.39, 0.29) is 33.9 Å². The summed E-state index contributed by atoms with van der Waals surface area (Å²) in [6, 6.07) is 0. The van der Waals surface area contributed by atoms with E-state index in [2.05, 4.69) is 54.5 Å². The number of ketones is 1. The fraction of sp³-hybridized carbons (Fsp3) is 0.926. The van der Waals surface area contributed by atoms with Crippen LogP contribution in [0, 0.1) is 44.8 Å². The average molecular weight is 1120 g/mol. The van der Waals surface area contributed by atoms with E-state index in [1.165, 1.54) is 0 Å². The van der Waals surface area contributed by atoms with Gasteiger partial charge in [0.05, 0.1) is 44.6 Å². The summed E-state index contributed by atoms with van der Waals surface area (Å²) < 4.78 is 54.4. The van der Waals surface area contributed by atoms with E-state index in [1.54, 1.807) is 0 Å². The Labute approximate surface area is 453 Å². The molecule has 0 radical (unpaired) electrons. The SMILES string of the molecule is COC(=O)[C@H]1O[C@@H](O[C@H]2CC[C@]3(C)[C@H]4CC=C5[C@]6(O)CC(C)(C)CC[C@@H]6C(=O)C[C@@]5(C)[C@]4(C)CC[C@H]3C2(C)C)[C@H](O[C@@H]2O[C@H](CO)[C@H](O)[C@H](O)[C@H]2O)[C@@H](O[C@@H]2O[C@H](CO)[C@H](O)[C@H](O)[C@H]2O[C@@H]2O[C@H](CO)[C@@H](O)[C@H](O)[C@H]2O)[C@@H]1O. The van der Waals surface area contributed by atoms with Crippen LogP contribution in [0.4, 0.5) is 0 Å². The zero-order valence-corrected chi connectivity index (χ0v) is 45.7. The van der Waals surface area contributed by atoms with Gasteiger partial charge in [0.15, 0.2) is 31.3 Å². The molecule has 5 aliphatic carbocycles. The maximum atomic E-state index is 14.3. The standard InChI is InChI=1S/C54H86O24/c1-49(2)14-11-22-23(58)17-53(7)29(54(22,69)21-49)10-9-28-51(5)15-13-30(50(3,4)27(51)12-16-52(28,53)6)74-48-43(78-46-38(66)35(63)32(60)25(19-56)72-46)40(39(67)41(76-48)44(68)70-8)75-47-42(36(64)33(61)26(20-57)73-47)77-45-37(65)34(62)31(59)24(18-55)71-45/h10,22,24-28,30-43,45-48,55-57,59-67,69H,9,11-21H2,1-8H3/t22-,24-,25-,26-,27+,28-,30+,31-,32+,33+,34+,35+,36+,37-,38-,39+,40+,41+,42-,43-,45+,46+,47+,48-,51+,52-,53-,54+/m1/s1. The number of methoxy groups -OCH3 is 1. The Balaban J connectivity index is 1.06. The molecule has 4 saturated heterocycles. The predicted molar refractivity (Wildman–Crippen MR) is 263 cm³/mol. The number of fused-ring (bicyclic) bond motifs is 7. The van der Waals surface area contributed by atoms with Crippen LogP contribution in [0.25, 0.3) is 0 Å². The molecule has 9 rings (SSSR count). The number of Topliss-reactive ketones (excluding diaryl/α,β-unsaturated/α-hetero) is 1. The van der Waals surface area contributed by atoms with E-state index < -0.39 is 177 Å². The minimum Gasteiger partial charge on any atom is -0.467 e. The van der Waals surface area contributed by atoms with Gasteiger partial charge in [-0.1, -0.05) is 54.5 Å². The topological polar surface area (TPSA) is 380 Å². The molecule has 78 heavy (non-hydrogen) atoms. The monoisotopic (exact) mass is 1120 g/mol. The number of carbonyl (C=O) groups excluding carboxylic acids is 2. The van der Waals surface area contributed by atoms with Crippen molar-refractivity contribution in [2.45, 2.75) is 241 Å². The van der Waals surface area contributed by atoms with Crippen molar-refractivity contribution in [1.29, 1.82) is 0 Å². The highest BCUT2D eigenvalue weighted by atomic mass is 16.8. The summed E-state index contributed by atoms with van der Waals surface area (Å²) in [6.45, 7) is 12.5. The summed E-state index contributed by atoms with van der Waals surface area (Å²) in [7, 11) is 1.03. The molecule has 4 heterocycles. The van der Waals surface area contributed by atoms with E-state index in [1.807, 2.05) is 0 Å². The molecule has 0 aromatic carbocycles. The molecular weight excluding hydrogens is 1030 g/mol. The fourth-order valence-electron chi connectivity index (χ4n) is 16.4. The number of hydrogen-bond donors (Lipinski definition) is 13. The highest BCUT2D eigenvalue weighted by Crippen LogP contribution is 2.75. The number of aliphatic hydroxyl groups is 13. The number of rotatable bonds is 12. The summed E-state index contributed by atoms with van der Waals surface area (Å²) >= 11 is 0. The Bertz CT molecular complexity index is 2190. The summed E-state index contributed by atoms with van der Waals surface area (Å²) in [6.07, 6.45) is -31.1. The third kappa shape index (κ3) is 9.77. The number of hydrogen-bond acceptors (Lipinski definition) is 24. The molecule has 9 aliphatic rings. The van der Waals surface area contributed by atoms with E-state index in [0.29, 0.717) is 44.9 Å². The maximum absolute atomic E-state index is 14.3. The smallest absolute Gasteiger partial charge is 0.337 e. The molecule has 28 atom stereocenters. The van der Waals surface area contributed by atoms with Crippen LogP contribution in [-0.4, -0.2) is 240 Å². The first-order chi connectivity index (χ1) is 36.5. The van der Waals surface area contributed by atoms with E-state index in [4.69, 9.17) is 42.6 Å². The van der Waals surface area contributed by atoms with Gasteiger partial charge in [-0.25, -0.2) is 4.79 Å². The summed E-state index contributed by atoms with van der Waals surface area (Å²) in [5.74, 6) is -1.45. The second-order valence-electron chi connectivity index (χ2n) is 26.1. The lowest BCUT2D eigenvalue weighted by molar-refractivity contribution is -0.407. The first-order valence-electron chi connectivity index (χ1n) is 27.7. The first-order valence-corrected chi connectivity index (χ1v) is 27.7. The van der Waals surface area contributed by atoms with Crippen molar-refractivity contribution in [1.82, 2.24) is 0 Å². The molecule has 24 heteroatoms. The van der Waals surface area contributed by atoms with Gasteiger partial charge < -0.3 is 109 Å². The largest absolute Gasteiger partial charge is 0.467 e. The Morgan fingerprint density at radius 1 is 0.590 bits per heavy atom. The van der Waals surface area contributed by atoms with Gasteiger partial charge in [-0.15, -0.1) is 0 Å². The normalized spacial score (nSPS) is 52.9. The van der Waals surface area contributed by atoms with Gasteiger partial charge in [-0.05, 0) is 90.4 Å². The molecule has 446 valence electrons. The van der Waals surface area contributed by atoms with E-state index in [0.717, 1.165) is 25.5 Å². The first kappa shape index (κ1) is 60.6. The van der Waals surface area contributed by atoms with Gasteiger partial charge in [-0.2, -0.15) is 0 Å². The quantitative estimate of drug-likeness (QED) is 0.0548. The third-order valence-electron chi connectivity index (χ3n) is 20.9. The molecule has 8 fully saturated rings. The van der Waals surface area contributed by atoms with Crippen LogP contribution in [0.1, 0.15) is 106 Å². The van der Waals surface area contributed by atoms with Crippen LogP contribution in [0.3, 0.4) is 0 Å². The minimum atomic E-state index is -2.15. The van der Waals surface area contributed by atoms with Crippen LogP contribution < -0.4 is 0 Å². The van der Waals surface area contributed by atoms with Gasteiger partial charge in [-0.3, -0.25) is 4.79 Å². The predicted octanol–water partition coefficient (Wildman–Crippen LogP) is -2.45. The Hall–Kier alpha value is -1.96. The zero-order valence-electron chi connectivity index (χ0n) is 45.7. The molecule has 0 aromatic heterocycles. The number of allylic oxidation sites excluding steroid dienone is 1. The van der Waals surface area contributed by atoms with Crippen molar-refractivity contribution >= 4 is 11.8 Å². The Kier molecular flexibility index (Phi) is 17.0. The molecule has 0 unspecified atom stereocenters. The second kappa shape index (κ2) is 21.9. The molecular formula is C54H86O24. The molecule has 0 aromatic rings. The van der Waals surface area contributed by atoms with Gasteiger partial charge in [0.2, 0.25) is 0 Å². The average Bonchev–Trinajstić information content (AvgIpc) is 3.28. The van der Waals surface area contributed by atoms with Crippen molar-refractivity contribution in [3.63, 3.8) is 0 Å². The lowest BCUT2D eigenvalue weighted by atomic mass is 9.34. The second-order valence-corrected chi connectivity index (χ2v) is 26.1. The van der Waals surface area contributed by atoms with Gasteiger partial charge in [0.25, 0.3) is 0 Å². The number of aliphatic hydroxyl groups excluding tert-OH is 12. The summed E-state index contributed by atoms with van der Waals surface area (Å²) in [5.41, 5.74) is -2.48. The van der Waals surface area contributed by atoms with Crippen LogP contribution in [0.2, 0.25) is 0 Å². The van der Waals surface area contributed by atoms with Crippen molar-refractivity contribution in [3.8, 4) is 0 Å². The number of esters is 1. The maximum Gasteiger partial charge on any atom is 0.337 e. The highest BCUT2D eigenvalue weighted by Gasteiger charge is 2.71. The Morgan fingerprint density at radius 2 is 1.12 bits per heavy atom. The van der Waals surface area contributed by atoms with Crippen LogP contribution in [0.15, 0.2) is 11.6 Å². The summed E-state index contributed by atoms with van der Waals surface area (Å²) in [4.78, 5) is 28.0. The minimum absolute atomic E-state index is 0.0501. The van der Waals surface area contributed by atoms with Gasteiger partial charge in [0.1, 0.15) is 97.3 Å². The van der Waals surface area contributed by atoms with Crippen molar-refractivity contribution in [3.05, 3.63) is 11.6 Å². The van der Waals surface area contributed by atoms with Crippen LogP contribution in [-0.2, 0) is 52.2 Å². The van der Waals surface area contributed by atoms with Gasteiger partial charge in [0, 0.05) is 11.8 Å². The fourth-order valence-corrected chi connectivity index (χ4v) is 16.4. The van der Waals surface area contributed by atoms with Crippen molar-refractivity contribution < 1.29 is 119 Å². The van der Waals surface area contributed by atoms with Gasteiger partial charge >= 0.3 is 5.97 Å². The molecule has 0 amide bonds. The molecule has 24 nitrogen and oxygen atoms in total.